The Balaban J connectivity index is 2.29. The first-order valence-corrected chi connectivity index (χ1v) is 6.50. The summed E-state index contributed by atoms with van der Waals surface area (Å²) in [6, 6.07) is 12.0. The molecular weight excluding hydrogens is 250 g/mol. The highest BCUT2D eigenvalue weighted by molar-refractivity contribution is 5.84. The van der Waals surface area contributed by atoms with Gasteiger partial charge < -0.3 is 10.5 Å². The van der Waals surface area contributed by atoms with Gasteiger partial charge in [-0.05, 0) is 49.2 Å². The zero-order chi connectivity index (χ0) is 14.3. The van der Waals surface area contributed by atoms with Gasteiger partial charge in [-0.25, -0.2) is 4.98 Å². The predicted molar refractivity (Wildman–Crippen MR) is 81.5 cm³/mol. The molecule has 4 heteroatoms. The minimum Gasteiger partial charge on any atom is -0.497 e. The van der Waals surface area contributed by atoms with Crippen LogP contribution in [0.2, 0.25) is 0 Å². The smallest absolute Gasteiger partial charge is 0.205 e. The molecule has 0 unspecified atom stereocenters. The van der Waals surface area contributed by atoms with Crippen molar-refractivity contribution in [1.29, 1.82) is 0 Å². The van der Waals surface area contributed by atoms with E-state index in [2.05, 4.69) is 4.98 Å². The molecule has 0 aliphatic heterocycles. The lowest BCUT2D eigenvalue weighted by Gasteiger charge is -2.11. The standard InChI is InChI=1S/C16H17N3O/c1-10-5-4-6-14-15(10)18-16(17)19(14)13-8-7-12(20-3)9-11(13)2/h4-9H,1-3H3,(H2,17,18). The van der Waals surface area contributed by atoms with Gasteiger partial charge in [0, 0.05) is 0 Å². The number of nitrogens with zero attached hydrogens (tertiary/aromatic N) is 2. The lowest BCUT2D eigenvalue weighted by Crippen LogP contribution is -2.02. The maximum atomic E-state index is 6.11. The molecule has 0 saturated heterocycles. The first-order valence-electron chi connectivity index (χ1n) is 6.50. The fourth-order valence-corrected chi connectivity index (χ4v) is 2.52. The summed E-state index contributed by atoms with van der Waals surface area (Å²) < 4.78 is 7.23. The minimum atomic E-state index is 0.502. The van der Waals surface area contributed by atoms with Gasteiger partial charge in [0.15, 0.2) is 0 Å². The number of methoxy groups -OCH3 is 1. The van der Waals surface area contributed by atoms with E-state index in [9.17, 15) is 0 Å². The highest BCUT2D eigenvalue weighted by Crippen LogP contribution is 2.28. The minimum absolute atomic E-state index is 0.502. The Labute approximate surface area is 117 Å². The number of imidazole rings is 1. The van der Waals surface area contributed by atoms with E-state index < -0.39 is 0 Å². The molecule has 0 radical (unpaired) electrons. The van der Waals surface area contributed by atoms with Crippen molar-refractivity contribution in [3.63, 3.8) is 0 Å². The summed E-state index contributed by atoms with van der Waals surface area (Å²) in [6.07, 6.45) is 0. The van der Waals surface area contributed by atoms with Gasteiger partial charge in [0.25, 0.3) is 0 Å². The largest absolute Gasteiger partial charge is 0.497 e. The van der Waals surface area contributed by atoms with Crippen LogP contribution < -0.4 is 10.5 Å². The van der Waals surface area contributed by atoms with Crippen molar-refractivity contribution < 1.29 is 4.74 Å². The first-order chi connectivity index (χ1) is 9.61. The van der Waals surface area contributed by atoms with Crippen molar-refractivity contribution >= 4 is 17.0 Å². The van der Waals surface area contributed by atoms with Crippen molar-refractivity contribution in [2.75, 3.05) is 12.8 Å². The number of hydrogen-bond donors (Lipinski definition) is 1. The van der Waals surface area contributed by atoms with Crippen LogP contribution in [-0.2, 0) is 0 Å². The molecule has 20 heavy (non-hydrogen) atoms. The van der Waals surface area contributed by atoms with E-state index in [0.717, 1.165) is 33.6 Å². The third kappa shape index (κ3) is 1.81. The number of ether oxygens (including phenoxy) is 1. The molecule has 1 heterocycles. The molecule has 4 nitrogen and oxygen atoms in total. The second-order valence-corrected chi connectivity index (χ2v) is 4.90. The third-order valence-corrected chi connectivity index (χ3v) is 3.56. The third-order valence-electron chi connectivity index (χ3n) is 3.56. The zero-order valence-corrected chi connectivity index (χ0v) is 11.8. The van der Waals surface area contributed by atoms with Gasteiger partial charge >= 0.3 is 0 Å². The Hall–Kier alpha value is -2.49. The molecule has 0 saturated carbocycles. The topological polar surface area (TPSA) is 53.1 Å². The van der Waals surface area contributed by atoms with Crippen LogP contribution in [0.3, 0.4) is 0 Å². The summed E-state index contributed by atoms with van der Waals surface area (Å²) in [5, 5.41) is 0. The second kappa shape index (κ2) is 4.56. The molecule has 102 valence electrons. The van der Waals surface area contributed by atoms with E-state index in [1.807, 2.05) is 54.8 Å². The summed E-state index contributed by atoms with van der Waals surface area (Å²) in [5.74, 6) is 1.34. The van der Waals surface area contributed by atoms with Crippen molar-refractivity contribution in [1.82, 2.24) is 9.55 Å². The van der Waals surface area contributed by atoms with Crippen molar-refractivity contribution in [3.05, 3.63) is 47.5 Å². The fourth-order valence-electron chi connectivity index (χ4n) is 2.52. The van der Waals surface area contributed by atoms with Gasteiger partial charge in [0.05, 0.1) is 23.8 Å². The first kappa shape index (κ1) is 12.5. The highest BCUT2D eigenvalue weighted by atomic mass is 16.5. The molecule has 2 aromatic carbocycles. The Morgan fingerprint density at radius 1 is 1.10 bits per heavy atom. The van der Waals surface area contributed by atoms with Crippen LogP contribution in [0.25, 0.3) is 16.7 Å². The van der Waals surface area contributed by atoms with Crippen LogP contribution >= 0.6 is 0 Å². The van der Waals surface area contributed by atoms with E-state index in [1.54, 1.807) is 7.11 Å². The number of aryl methyl sites for hydroxylation is 2. The second-order valence-electron chi connectivity index (χ2n) is 4.90. The number of nitrogen functional groups attached to an aromatic ring is 1. The van der Waals surface area contributed by atoms with E-state index in [1.165, 1.54) is 0 Å². The molecule has 0 fully saturated rings. The van der Waals surface area contributed by atoms with Crippen LogP contribution in [0.1, 0.15) is 11.1 Å². The number of para-hydroxylation sites is 1. The summed E-state index contributed by atoms with van der Waals surface area (Å²) in [5.41, 5.74) is 11.3. The predicted octanol–water partition coefficient (Wildman–Crippen LogP) is 3.23. The van der Waals surface area contributed by atoms with Crippen molar-refractivity contribution in [2.24, 2.45) is 0 Å². The highest BCUT2D eigenvalue weighted by Gasteiger charge is 2.13. The van der Waals surface area contributed by atoms with Crippen LogP contribution in [0.5, 0.6) is 5.75 Å². The maximum absolute atomic E-state index is 6.11. The van der Waals surface area contributed by atoms with E-state index >= 15 is 0 Å². The number of benzene rings is 2. The van der Waals surface area contributed by atoms with E-state index in [4.69, 9.17) is 10.5 Å². The number of aromatic nitrogens is 2. The Bertz CT molecular complexity index is 790. The van der Waals surface area contributed by atoms with Crippen molar-refractivity contribution in [2.45, 2.75) is 13.8 Å². The van der Waals surface area contributed by atoms with Gasteiger partial charge in [-0.15, -0.1) is 0 Å². The van der Waals surface area contributed by atoms with Crippen LogP contribution in [0.15, 0.2) is 36.4 Å². The Morgan fingerprint density at radius 2 is 1.90 bits per heavy atom. The maximum Gasteiger partial charge on any atom is 0.205 e. The molecule has 0 aliphatic carbocycles. The molecular formula is C16H17N3O. The Kier molecular flexibility index (Phi) is 2.86. The SMILES string of the molecule is COc1ccc(-n2c(N)nc3c(C)cccc32)c(C)c1. The molecule has 0 spiro atoms. The molecule has 1 aromatic heterocycles. The molecule has 3 rings (SSSR count). The monoisotopic (exact) mass is 267 g/mol. The zero-order valence-electron chi connectivity index (χ0n) is 11.8. The number of hydrogen-bond acceptors (Lipinski definition) is 3. The molecule has 0 bridgehead atoms. The number of anilines is 1. The Morgan fingerprint density at radius 3 is 2.60 bits per heavy atom. The lowest BCUT2D eigenvalue weighted by atomic mass is 10.1. The average Bonchev–Trinajstić information content (AvgIpc) is 2.77. The van der Waals surface area contributed by atoms with Crippen LogP contribution in [0.4, 0.5) is 5.95 Å². The normalized spacial score (nSPS) is 10.9. The fraction of sp³-hybridized carbons (Fsp3) is 0.188. The molecule has 0 amide bonds. The molecule has 0 aliphatic rings. The van der Waals surface area contributed by atoms with E-state index in [0.29, 0.717) is 5.95 Å². The van der Waals surface area contributed by atoms with Crippen LogP contribution in [0, 0.1) is 13.8 Å². The van der Waals surface area contributed by atoms with Gasteiger partial charge in [-0.1, -0.05) is 12.1 Å². The summed E-state index contributed by atoms with van der Waals surface area (Å²) in [4.78, 5) is 4.48. The van der Waals surface area contributed by atoms with Gasteiger partial charge in [0.1, 0.15) is 5.75 Å². The van der Waals surface area contributed by atoms with Crippen molar-refractivity contribution in [3.8, 4) is 11.4 Å². The summed E-state index contributed by atoms with van der Waals surface area (Å²) in [7, 11) is 1.67. The molecule has 0 atom stereocenters. The quantitative estimate of drug-likeness (QED) is 0.775. The number of rotatable bonds is 2. The summed E-state index contributed by atoms with van der Waals surface area (Å²) in [6.45, 7) is 4.08. The number of nitrogens with two attached hydrogens (primary N) is 1. The molecule has 2 N–H and O–H groups in total. The summed E-state index contributed by atoms with van der Waals surface area (Å²) >= 11 is 0. The number of fused-ring (bicyclic) bond motifs is 1. The van der Waals surface area contributed by atoms with Gasteiger partial charge in [-0.3, -0.25) is 4.57 Å². The lowest BCUT2D eigenvalue weighted by molar-refractivity contribution is 0.414. The van der Waals surface area contributed by atoms with E-state index in [-0.39, 0.29) is 0 Å². The van der Waals surface area contributed by atoms with Gasteiger partial charge in [0.2, 0.25) is 5.95 Å². The average molecular weight is 267 g/mol. The molecule has 3 aromatic rings. The van der Waals surface area contributed by atoms with Crippen LogP contribution in [-0.4, -0.2) is 16.7 Å². The van der Waals surface area contributed by atoms with Gasteiger partial charge in [-0.2, -0.15) is 0 Å².